The van der Waals surface area contributed by atoms with Gasteiger partial charge in [0.2, 0.25) is 11.8 Å². The lowest BCUT2D eigenvalue weighted by Gasteiger charge is -2.69. The van der Waals surface area contributed by atoms with Gasteiger partial charge in [-0.15, -0.1) is 0 Å². The van der Waals surface area contributed by atoms with Gasteiger partial charge in [0, 0.05) is 30.3 Å². The molecule has 4 aliphatic rings. The van der Waals surface area contributed by atoms with Gasteiger partial charge in [-0.3, -0.25) is 4.79 Å². The second-order valence-corrected chi connectivity index (χ2v) is 8.53. The molecule has 1 atom stereocenters. The third kappa shape index (κ3) is 2.83. The minimum Gasteiger partial charge on any atom is -0.477 e. The van der Waals surface area contributed by atoms with E-state index in [-0.39, 0.29) is 22.8 Å². The van der Waals surface area contributed by atoms with Crippen molar-refractivity contribution in [1.29, 1.82) is 10.5 Å². The molecule has 2 heterocycles. The van der Waals surface area contributed by atoms with Crippen LogP contribution in [0.5, 0.6) is 5.88 Å². The Balaban J connectivity index is 1.21. The van der Waals surface area contributed by atoms with Gasteiger partial charge in [0.15, 0.2) is 0 Å². The summed E-state index contributed by atoms with van der Waals surface area (Å²) in [6.07, 6.45) is 6.33. The molecule has 1 unspecified atom stereocenters. The average Bonchev–Trinajstić information content (AvgIpc) is 3.22. The quantitative estimate of drug-likeness (QED) is 0.770. The molecule has 148 valence electrons. The van der Waals surface area contributed by atoms with E-state index in [2.05, 4.69) is 16.2 Å². The summed E-state index contributed by atoms with van der Waals surface area (Å²) < 4.78 is 5.81. The zero-order chi connectivity index (χ0) is 20.8. The van der Waals surface area contributed by atoms with E-state index in [1.807, 2.05) is 24.3 Å². The number of rotatable bonds is 5. The Labute approximate surface area is 174 Å². The molecule has 1 amide bonds. The van der Waals surface area contributed by atoms with Crippen LogP contribution in [0.1, 0.15) is 48.4 Å². The normalized spacial score (nSPS) is 28.1. The lowest BCUT2D eigenvalue weighted by molar-refractivity contribution is -0.227. The van der Waals surface area contributed by atoms with Crippen LogP contribution >= 0.6 is 0 Å². The van der Waals surface area contributed by atoms with Crippen LogP contribution in [0, 0.1) is 33.5 Å². The van der Waals surface area contributed by atoms with Crippen LogP contribution in [0.4, 0.5) is 0 Å². The van der Waals surface area contributed by atoms with Crippen molar-refractivity contribution in [2.24, 2.45) is 15.9 Å². The number of carbonyl (C=O) groups is 1. The van der Waals surface area contributed by atoms with Crippen LogP contribution in [-0.2, 0) is 4.79 Å². The van der Waals surface area contributed by atoms with E-state index in [1.54, 1.807) is 29.4 Å². The Kier molecular flexibility index (Phi) is 4.08. The Morgan fingerprint density at radius 1 is 1.17 bits per heavy atom. The summed E-state index contributed by atoms with van der Waals surface area (Å²) in [6.45, 7) is 0.526. The highest BCUT2D eigenvalue weighted by Crippen LogP contribution is 2.74. The van der Waals surface area contributed by atoms with E-state index in [0.29, 0.717) is 30.0 Å². The number of nitriles is 2. The van der Waals surface area contributed by atoms with Gasteiger partial charge >= 0.3 is 0 Å². The molecule has 1 aliphatic heterocycles. The number of hydrogen-bond acceptors (Lipinski definition) is 6. The van der Waals surface area contributed by atoms with Gasteiger partial charge in [0.05, 0.1) is 35.3 Å². The van der Waals surface area contributed by atoms with Gasteiger partial charge in [0.1, 0.15) is 6.07 Å². The minimum absolute atomic E-state index is 0.0326. The maximum Gasteiger partial charge on any atom is 0.249 e. The highest BCUT2D eigenvalue weighted by atomic mass is 16.5. The van der Waals surface area contributed by atoms with Crippen LogP contribution in [0.2, 0.25) is 0 Å². The van der Waals surface area contributed by atoms with Crippen molar-refractivity contribution in [2.75, 3.05) is 6.61 Å². The van der Waals surface area contributed by atoms with E-state index in [0.717, 1.165) is 24.8 Å². The number of hydrazone groups is 1. The van der Waals surface area contributed by atoms with Gasteiger partial charge in [-0.1, -0.05) is 12.1 Å². The largest absolute Gasteiger partial charge is 0.477 e. The zero-order valence-electron chi connectivity index (χ0n) is 16.3. The van der Waals surface area contributed by atoms with Gasteiger partial charge < -0.3 is 4.74 Å². The summed E-state index contributed by atoms with van der Waals surface area (Å²) in [5.41, 5.74) is 1.72. The Morgan fingerprint density at radius 3 is 2.67 bits per heavy atom. The topological polar surface area (TPSA) is 102 Å². The summed E-state index contributed by atoms with van der Waals surface area (Å²) in [4.78, 5) is 17.4. The van der Waals surface area contributed by atoms with Crippen LogP contribution in [0.15, 0.2) is 47.7 Å². The molecule has 1 aromatic carbocycles. The van der Waals surface area contributed by atoms with E-state index in [1.165, 1.54) is 6.20 Å². The van der Waals surface area contributed by atoms with Gasteiger partial charge in [-0.2, -0.15) is 15.6 Å². The number of pyridine rings is 1. The van der Waals surface area contributed by atoms with Crippen molar-refractivity contribution in [3.63, 3.8) is 0 Å². The van der Waals surface area contributed by atoms with Crippen molar-refractivity contribution < 1.29 is 9.53 Å². The van der Waals surface area contributed by atoms with E-state index in [9.17, 15) is 4.79 Å². The Bertz CT molecular complexity index is 1110. The lowest BCUT2D eigenvalue weighted by Crippen LogP contribution is -2.69. The summed E-state index contributed by atoms with van der Waals surface area (Å²) in [5.74, 6) is 0.572. The molecule has 3 aliphatic carbocycles. The summed E-state index contributed by atoms with van der Waals surface area (Å²) in [5, 5.41) is 24.0. The third-order valence-electron chi connectivity index (χ3n) is 6.42. The predicted octanol–water partition coefficient (Wildman–Crippen LogP) is 3.33. The molecule has 3 saturated carbocycles. The molecule has 7 nitrogen and oxygen atoms in total. The second-order valence-electron chi connectivity index (χ2n) is 8.53. The number of amides is 1. The fourth-order valence-electron chi connectivity index (χ4n) is 5.08. The van der Waals surface area contributed by atoms with Crippen LogP contribution in [0.3, 0.4) is 0 Å². The predicted molar refractivity (Wildman–Crippen MR) is 107 cm³/mol. The lowest BCUT2D eigenvalue weighted by atomic mass is 9.35. The zero-order valence-corrected chi connectivity index (χ0v) is 16.3. The molecule has 2 aromatic rings. The first kappa shape index (κ1) is 18.3. The number of carbonyl (C=O) groups excluding carboxylic acids is 1. The second kappa shape index (κ2) is 6.67. The number of benzene rings is 1. The van der Waals surface area contributed by atoms with Crippen molar-refractivity contribution in [3.8, 4) is 18.0 Å². The van der Waals surface area contributed by atoms with Crippen molar-refractivity contribution in [2.45, 2.75) is 31.7 Å². The van der Waals surface area contributed by atoms with Crippen LogP contribution in [-0.4, -0.2) is 28.7 Å². The smallest absolute Gasteiger partial charge is 0.249 e. The molecule has 7 heteroatoms. The maximum absolute atomic E-state index is 13.3. The number of aromatic nitrogens is 1. The van der Waals surface area contributed by atoms with Crippen LogP contribution < -0.4 is 4.74 Å². The Morgan fingerprint density at radius 2 is 1.97 bits per heavy atom. The maximum atomic E-state index is 13.3. The van der Waals surface area contributed by atoms with Crippen molar-refractivity contribution >= 4 is 12.1 Å². The average molecular weight is 397 g/mol. The fraction of sp³-hybridized carbons (Fsp3) is 0.348. The van der Waals surface area contributed by atoms with Gasteiger partial charge in [-0.25, -0.2) is 9.99 Å². The third-order valence-corrected chi connectivity index (χ3v) is 6.42. The first-order valence-electron chi connectivity index (χ1n) is 9.92. The molecule has 1 aromatic heterocycles. The molecule has 0 saturated heterocycles. The Hall–Kier alpha value is -3.71. The SMILES string of the molecule is N#Cc1ccc(OCC23CC(C(=O)N4N=CCC4c4cccc(C#N)c4)(C2)C3)nc1. The van der Waals surface area contributed by atoms with Crippen molar-refractivity contribution in [1.82, 2.24) is 9.99 Å². The van der Waals surface area contributed by atoms with Crippen LogP contribution in [0.25, 0.3) is 0 Å². The van der Waals surface area contributed by atoms with E-state index in [4.69, 9.17) is 15.3 Å². The van der Waals surface area contributed by atoms with Gasteiger partial charge in [-0.05, 0) is 43.0 Å². The number of ether oxygens (including phenoxy) is 1. The molecular formula is C23H19N5O2. The molecule has 2 bridgehead atoms. The highest BCUT2D eigenvalue weighted by Gasteiger charge is 2.72. The molecule has 0 spiro atoms. The fourth-order valence-corrected chi connectivity index (χ4v) is 5.08. The van der Waals surface area contributed by atoms with E-state index >= 15 is 0 Å². The van der Waals surface area contributed by atoms with E-state index < -0.39 is 0 Å². The first-order chi connectivity index (χ1) is 14.6. The molecule has 3 fully saturated rings. The monoisotopic (exact) mass is 397 g/mol. The summed E-state index contributed by atoms with van der Waals surface area (Å²) >= 11 is 0. The number of hydrogen-bond donors (Lipinski definition) is 0. The molecule has 0 N–H and O–H groups in total. The standard InChI is InChI=1S/C23H19N5O2/c24-9-16-2-1-3-18(8-16)19-6-7-27-28(19)21(29)23-12-22(13-23,14-23)15-30-20-5-4-17(10-25)11-26-20/h1-5,7-8,11,19H,6,12-15H2. The summed E-state index contributed by atoms with van der Waals surface area (Å²) in [6, 6.07) is 14.8. The molecule has 30 heavy (non-hydrogen) atoms. The molecule has 0 radical (unpaired) electrons. The number of nitrogens with zero attached hydrogens (tertiary/aromatic N) is 5. The van der Waals surface area contributed by atoms with Crippen molar-refractivity contribution in [3.05, 3.63) is 59.3 Å². The molecular weight excluding hydrogens is 378 g/mol. The van der Waals surface area contributed by atoms with Gasteiger partial charge in [0.25, 0.3) is 0 Å². The highest BCUT2D eigenvalue weighted by molar-refractivity contribution is 5.88. The summed E-state index contributed by atoms with van der Waals surface area (Å²) in [7, 11) is 0. The first-order valence-corrected chi connectivity index (χ1v) is 9.92. The minimum atomic E-state index is -0.339. The molecule has 6 rings (SSSR count).